The zero-order chi connectivity index (χ0) is 12.6. The molecule has 0 N–H and O–H groups in total. The molecule has 20 heavy (non-hydrogen) atoms. The van der Waals surface area contributed by atoms with Crippen molar-refractivity contribution in [2.45, 2.75) is 51.4 Å². The third-order valence-electron chi connectivity index (χ3n) is 9.86. The molecule has 10 unspecified atom stereocenters. The van der Waals surface area contributed by atoms with Crippen molar-refractivity contribution in [2.75, 3.05) is 0 Å². The van der Waals surface area contributed by atoms with Gasteiger partial charge in [-0.1, -0.05) is 24.5 Å². The first kappa shape index (κ1) is 10.5. The van der Waals surface area contributed by atoms with Gasteiger partial charge in [0.25, 0.3) is 0 Å². The largest absolute Gasteiger partial charge is 0.0816 e. The molecule has 0 saturated heterocycles. The van der Waals surface area contributed by atoms with Crippen molar-refractivity contribution >= 4 is 0 Å². The Morgan fingerprint density at radius 2 is 2.00 bits per heavy atom. The van der Waals surface area contributed by atoms with Crippen LogP contribution in [0.5, 0.6) is 0 Å². The zero-order valence-corrected chi connectivity index (χ0v) is 12.4. The molecule has 0 aliphatic heterocycles. The molecule has 7 aliphatic rings. The van der Waals surface area contributed by atoms with Crippen LogP contribution in [0.1, 0.15) is 51.4 Å². The van der Waals surface area contributed by atoms with E-state index in [2.05, 4.69) is 6.08 Å². The average molecular weight is 266 g/mol. The molecule has 7 rings (SSSR count). The second-order valence-electron chi connectivity index (χ2n) is 9.74. The monoisotopic (exact) mass is 266 g/mol. The lowest BCUT2D eigenvalue weighted by Crippen LogP contribution is -2.47. The van der Waals surface area contributed by atoms with Gasteiger partial charge >= 0.3 is 0 Å². The molecular weight excluding hydrogens is 240 g/mol. The normalized spacial score (nSPS) is 70.4. The van der Waals surface area contributed by atoms with Crippen LogP contribution in [0.4, 0.5) is 0 Å². The summed E-state index contributed by atoms with van der Waals surface area (Å²) in [6.45, 7) is 0. The topological polar surface area (TPSA) is 0 Å². The van der Waals surface area contributed by atoms with E-state index in [1.54, 1.807) is 51.4 Å². The Morgan fingerprint density at radius 1 is 1.00 bits per heavy atom. The van der Waals surface area contributed by atoms with Crippen LogP contribution in [0.3, 0.4) is 0 Å². The minimum atomic E-state index is 0.894. The number of fused-ring (bicyclic) bond motifs is 5. The number of rotatable bonds is 0. The van der Waals surface area contributed by atoms with Crippen LogP contribution in [0, 0.1) is 58.7 Å². The van der Waals surface area contributed by atoms with Gasteiger partial charge in [0.15, 0.2) is 0 Å². The van der Waals surface area contributed by atoms with Crippen LogP contribution in [0.15, 0.2) is 11.6 Å². The van der Waals surface area contributed by atoms with E-state index in [0.29, 0.717) is 0 Å². The average Bonchev–Trinajstić information content (AvgIpc) is 3.13. The van der Waals surface area contributed by atoms with Crippen molar-refractivity contribution in [3.05, 3.63) is 11.6 Å². The summed E-state index contributed by atoms with van der Waals surface area (Å²) in [7, 11) is 0. The van der Waals surface area contributed by atoms with Gasteiger partial charge in [-0.3, -0.25) is 0 Å². The fourth-order valence-corrected chi connectivity index (χ4v) is 9.82. The van der Waals surface area contributed by atoms with E-state index >= 15 is 0 Å². The highest BCUT2D eigenvalue weighted by Gasteiger charge is 2.75. The van der Waals surface area contributed by atoms with Crippen molar-refractivity contribution < 1.29 is 0 Å². The molecule has 0 radical (unpaired) electrons. The highest BCUT2D eigenvalue weighted by molar-refractivity contribution is 5.34. The van der Waals surface area contributed by atoms with Gasteiger partial charge < -0.3 is 0 Å². The molecule has 0 amide bonds. The Bertz CT molecular complexity index is 544. The summed E-state index contributed by atoms with van der Waals surface area (Å²) >= 11 is 0. The van der Waals surface area contributed by atoms with Crippen LogP contribution >= 0.6 is 0 Å². The highest BCUT2D eigenvalue weighted by Crippen LogP contribution is 2.81. The Morgan fingerprint density at radius 3 is 3.00 bits per heavy atom. The molecular formula is C20H26. The van der Waals surface area contributed by atoms with Gasteiger partial charge in [0.05, 0.1) is 0 Å². The first-order chi connectivity index (χ1) is 9.87. The third kappa shape index (κ3) is 0.844. The lowest BCUT2D eigenvalue weighted by Gasteiger charge is -2.54. The van der Waals surface area contributed by atoms with Crippen LogP contribution in [-0.4, -0.2) is 0 Å². The Kier molecular flexibility index (Phi) is 1.54. The van der Waals surface area contributed by atoms with Gasteiger partial charge in [0.2, 0.25) is 0 Å². The Balaban J connectivity index is 1.39. The number of hydrogen-bond donors (Lipinski definition) is 0. The maximum Gasteiger partial charge on any atom is -0.0163 e. The molecule has 0 aromatic heterocycles. The molecule has 106 valence electrons. The molecule has 10 atom stereocenters. The fourth-order valence-electron chi connectivity index (χ4n) is 9.82. The Hall–Kier alpha value is -0.260. The van der Waals surface area contributed by atoms with E-state index in [9.17, 15) is 0 Å². The molecule has 7 aliphatic carbocycles. The van der Waals surface area contributed by atoms with Crippen LogP contribution < -0.4 is 0 Å². The SMILES string of the molecule is C1=C2CC3C4C2CC1C4CC1C2CC4(CCCCC24)C13. The van der Waals surface area contributed by atoms with E-state index in [0.717, 1.165) is 29.1 Å². The predicted octanol–water partition coefficient (Wildman–Crippen LogP) is 4.66. The molecule has 0 heterocycles. The summed E-state index contributed by atoms with van der Waals surface area (Å²) in [6.07, 6.45) is 15.7. The summed E-state index contributed by atoms with van der Waals surface area (Å²) in [6, 6.07) is 0. The molecule has 4 bridgehead atoms. The van der Waals surface area contributed by atoms with Crippen molar-refractivity contribution in [2.24, 2.45) is 58.7 Å². The fraction of sp³-hybridized carbons (Fsp3) is 0.900. The highest BCUT2D eigenvalue weighted by atomic mass is 14.8. The predicted molar refractivity (Wildman–Crippen MR) is 78.9 cm³/mol. The Labute approximate surface area is 122 Å². The lowest BCUT2D eigenvalue weighted by molar-refractivity contribution is -0.0555. The number of hydrogen-bond acceptors (Lipinski definition) is 0. The molecule has 0 spiro atoms. The van der Waals surface area contributed by atoms with Gasteiger partial charge in [-0.05, 0) is 97.2 Å². The smallest absolute Gasteiger partial charge is 0.0163 e. The van der Waals surface area contributed by atoms with Gasteiger partial charge in [0, 0.05) is 0 Å². The van der Waals surface area contributed by atoms with E-state index in [4.69, 9.17) is 0 Å². The van der Waals surface area contributed by atoms with Crippen LogP contribution in [-0.2, 0) is 0 Å². The van der Waals surface area contributed by atoms with Crippen LogP contribution in [0.25, 0.3) is 0 Å². The standard InChI is InChI=1S/C20H26/c1-2-4-20-9-16(17(20)3-1)14-8-13-10-5-11-7-15(19(14)20)18(13)12(11)6-10/h5,10,12-19H,1-4,6-9H2. The van der Waals surface area contributed by atoms with Gasteiger partial charge in [-0.2, -0.15) is 0 Å². The molecule has 0 aromatic rings. The lowest BCUT2D eigenvalue weighted by atomic mass is 9.50. The summed E-state index contributed by atoms with van der Waals surface area (Å²) < 4.78 is 0. The quantitative estimate of drug-likeness (QED) is 0.559. The summed E-state index contributed by atoms with van der Waals surface area (Å²) in [5, 5.41) is 0. The van der Waals surface area contributed by atoms with Gasteiger partial charge in [0.1, 0.15) is 0 Å². The first-order valence-corrected chi connectivity index (χ1v) is 9.57. The zero-order valence-electron chi connectivity index (χ0n) is 12.4. The van der Waals surface area contributed by atoms with E-state index in [-0.39, 0.29) is 0 Å². The minimum Gasteiger partial charge on any atom is -0.0816 e. The molecule has 0 nitrogen and oxygen atoms in total. The molecule has 0 heteroatoms. The first-order valence-electron chi connectivity index (χ1n) is 9.57. The second kappa shape index (κ2) is 2.95. The van der Waals surface area contributed by atoms with Crippen molar-refractivity contribution in [1.29, 1.82) is 0 Å². The maximum atomic E-state index is 2.77. The van der Waals surface area contributed by atoms with Gasteiger partial charge in [-0.25, -0.2) is 0 Å². The third-order valence-corrected chi connectivity index (χ3v) is 9.86. The van der Waals surface area contributed by atoms with E-state index in [1.807, 2.05) is 5.57 Å². The number of allylic oxidation sites excluding steroid dienone is 2. The van der Waals surface area contributed by atoms with Crippen LogP contribution in [0.2, 0.25) is 0 Å². The minimum absolute atomic E-state index is 0.894. The summed E-state index contributed by atoms with van der Waals surface area (Å²) in [4.78, 5) is 0. The maximum absolute atomic E-state index is 2.77. The molecule has 6 saturated carbocycles. The summed E-state index contributed by atoms with van der Waals surface area (Å²) in [5.74, 6) is 10.4. The van der Waals surface area contributed by atoms with Gasteiger partial charge in [-0.15, -0.1) is 0 Å². The van der Waals surface area contributed by atoms with Crippen molar-refractivity contribution in [1.82, 2.24) is 0 Å². The second-order valence-corrected chi connectivity index (χ2v) is 9.74. The van der Waals surface area contributed by atoms with E-state index < -0.39 is 0 Å². The van der Waals surface area contributed by atoms with E-state index in [1.165, 1.54) is 29.6 Å². The molecule has 6 fully saturated rings. The molecule has 0 aromatic carbocycles. The van der Waals surface area contributed by atoms with Crippen molar-refractivity contribution in [3.63, 3.8) is 0 Å². The van der Waals surface area contributed by atoms with Crippen molar-refractivity contribution in [3.8, 4) is 0 Å². The summed E-state index contributed by atoms with van der Waals surface area (Å²) in [5.41, 5.74) is 2.85.